The van der Waals surface area contributed by atoms with Crippen LogP contribution in [0.3, 0.4) is 0 Å². The van der Waals surface area contributed by atoms with E-state index in [9.17, 15) is 9.59 Å². The van der Waals surface area contributed by atoms with Crippen molar-refractivity contribution in [2.75, 3.05) is 13.2 Å². The number of unbranched alkanes of at least 4 members (excludes halogenated alkanes) is 2. The number of ether oxygens (including phenoxy) is 2. The quantitative estimate of drug-likeness (QED) is 0.288. The van der Waals surface area contributed by atoms with Crippen LogP contribution in [0.2, 0.25) is 0 Å². The Morgan fingerprint density at radius 1 is 1.19 bits per heavy atom. The smallest absolute Gasteiger partial charge is 0.339 e. The molecule has 0 spiro atoms. The van der Waals surface area contributed by atoms with Gasteiger partial charge in [0.1, 0.15) is 0 Å². The van der Waals surface area contributed by atoms with Crippen LogP contribution in [0.1, 0.15) is 36.5 Å². The molecule has 0 saturated carbocycles. The number of carbonyl (C=O) groups is 2. The van der Waals surface area contributed by atoms with Gasteiger partial charge in [-0.05, 0) is 60.9 Å². The number of hydrogen-bond donors (Lipinski definition) is 0. The van der Waals surface area contributed by atoms with Crippen molar-refractivity contribution in [3.8, 4) is 0 Å². The van der Waals surface area contributed by atoms with Crippen molar-refractivity contribution in [2.45, 2.75) is 26.2 Å². The van der Waals surface area contributed by atoms with Crippen molar-refractivity contribution >= 4 is 34.5 Å². The molecule has 0 radical (unpaired) electrons. The van der Waals surface area contributed by atoms with Crippen molar-refractivity contribution in [1.82, 2.24) is 0 Å². The summed E-state index contributed by atoms with van der Waals surface area (Å²) in [6.45, 7) is 2.54. The lowest BCUT2D eigenvalue weighted by atomic mass is 10.2. The monoisotopic (exact) mass is 402 g/mol. The van der Waals surface area contributed by atoms with E-state index in [4.69, 9.17) is 9.47 Å². The lowest BCUT2D eigenvalue weighted by Gasteiger charge is -2.05. The molecule has 0 heterocycles. The molecule has 0 atom stereocenters. The van der Waals surface area contributed by atoms with E-state index in [1.54, 1.807) is 19.1 Å². The first-order valence-electron chi connectivity index (χ1n) is 6.90. The van der Waals surface area contributed by atoms with E-state index in [2.05, 4.69) is 22.6 Å². The van der Waals surface area contributed by atoms with E-state index >= 15 is 0 Å². The lowest BCUT2D eigenvalue weighted by molar-refractivity contribution is -0.137. The van der Waals surface area contributed by atoms with Crippen LogP contribution in [0.5, 0.6) is 0 Å². The maximum absolute atomic E-state index is 11.8. The van der Waals surface area contributed by atoms with Gasteiger partial charge < -0.3 is 9.47 Å². The van der Waals surface area contributed by atoms with Gasteiger partial charge in [-0.3, -0.25) is 0 Å². The van der Waals surface area contributed by atoms with Crippen LogP contribution in [-0.2, 0) is 14.3 Å². The second-order valence-electron chi connectivity index (χ2n) is 4.27. The van der Waals surface area contributed by atoms with Crippen molar-refractivity contribution in [1.29, 1.82) is 0 Å². The molecule has 0 unspecified atom stereocenters. The maximum Gasteiger partial charge on any atom is 0.339 e. The Balaban J connectivity index is 2.16. The highest BCUT2D eigenvalue weighted by Crippen LogP contribution is 2.12. The van der Waals surface area contributed by atoms with E-state index < -0.39 is 0 Å². The minimum Gasteiger partial charge on any atom is -0.463 e. The first kappa shape index (κ1) is 17.7. The van der Waals surface area contributed by atoms with Crippen molar-refractivity contribution in [3.05, 3.63) is 45.6 Å². The third-order valence-electron chi connectivity index (χ3n) is 2.63. The molecule has 0 amide bonds. The van der Waals surface area contributed by atoms with Gasteiger partial charge in [0.25, 0.3) is 0 Å². The highest BCUT2D eigenvalue weighted by molar-refractivity contribution is 14.1. The highest BCUT2D eigenvalue weighted by atomic mass is 127. The summed E-state index contributed by atoms with van der Waals surface area (Å²) in [7, 11) is 0. The summed E-state index contributed by atoms with van der Waals surface area (Å²) >= 11 is 2.11. The number of benzene rings is 1. The molecule has 0 aromatic heterocycles. The second-order valence-corrected chi connectivity index (χ2v) is 5.43. The molecule has 21 heavy (non-hydrogen) atoms. The van der Waals surface area contributed by atoms with Crippen LogP contribution in [0.4, 0.5) is 0 Å². The molecule has 5 heteroatoms. The summed E-state index contributed by atoms with van der Waals surface area (Å²) in [5.74, 6) is -0.607. The molecule has 0 aliphatic heterocycles. The molecule has 0 aliphatic rings. The Labute approximate surface area is 138 Å². The fraction of sp³-hybridized carbons (Fsp3) is 0.375. The molecule has 0 N–H and O–H groups in total. The van der Waals surface area contributed by atoms with Crippen molar-refractivity contribution in [3.63, 3.8) is 0 Å². The molecule has 0 bridgehead atoms. The fourth-order valence-corrected chi connectivity index (χ4v) is 2.21. The topological polar surface area (TPSA) is 52.6 Å². The van der Waals surface area contributed by atoms with E-state index in [-0.39, 0.29) is 11.9 Å². The third kappa shape index (κ3) is 7.27. The molecular weight excluding hydrogens is 383 g/mol. The average molecular weight is 402 g/mol. The lowest BCUT2D eigenvalue weighted by Crippen LogP contribution is -2.08. The van der Waals surface area contributed by atoms with Gasteiger partial charge >= 0.3 is 11.9 Å². The standard InChI is InChI=1S/C16H19IO4/c1-2-20-15(18)11-5-3-4-8-12-21-16(19)13-9-6-7-10-14(13)17/h5-7,9-11H,2-4,8,12H2,1H3/b11-5+. The number of halogens is 1. The van der Waals surface area contributed by atoms with Gasteiger partial charge in [0.05, 0.1) is 18.8 Å². The number of rotatable bonds is 8. The molecule has 0 fully saturated rings. The predicted molar refractivity (Wildman–Crippen MR) is 89.1 cm³/mol. The Morgan fingerprint density at radius 2 is 1.95 bits per heavy atom. The predicted octanol–water partition coefficient (Wildman–Crippen LogP) is 3.74. The minimum atomic E-state index is -0.317. The molecule has 0 saturated heterocycles. The third-order valence-corrected chi connectivity index (χ3v) is 3.57. The summed E-state index contributed by atoms with van der Waals surface area (Å²) in [5, 5.41) is 0. The first-order chi connectivity index (χ1) is 10.1. The zero-order valence-electron chi connectivity index (χ0n) is 12.0. The molecule has 1 aromatic carbocycles. The van der Waals surface area contributed by atoms with Gasteiger partial charge in [0, 0.05) is 9.65 Å². The second kappa shape index (κ2) is 10.4. The van der Waals surface area contributed by atoms with Crippen molar-refractivity contribution < 1.29 is 19.1 Å². The zero-order valence-corrected chi connectivity index (χ0v) is 14.2. The van der Waals surface area contributed by atoms with Crippen molar-refractivity contribution in [2.24, 2.45) is 0 Å². The summed E-state index contributed by atoms with van der Waals surface area (Å²) < 4.78 is 10.9. The summed E-state index contributed by atoms with van der Waals surface area (Å²) in [4.78, 5) is 22.8. The van der Waals surface area contributed by atoms with E-state index in [0.717, 1.165) is 22.8 Å². The van der Waals surface area contributed by atoms with Gasteiger partial charge in [-0.15, -0.1) is 0 Å². The molecular formula is C16H19IO4. The average Bonchev–Trinajstić information content (AvgIpc) is 2.46. The number of hydrogen-bond acceptors (Lipinski definition) is 4. The van der Waals surface area contributed by atoms with Crippen LogP contribution >= 0.6 is 22.6 Å². The Kier molecular flexibility index (Phi) is 8.73. The molecule has 0 aliphatic carbocycles. The molecule has 1 aromatic rings. The summed E-state index contributed by atoms with van der Waals surface area (Å²) in [6.07, 6.45) is 5.60. The van der Waals surface area contributed by atoms with Crippen LogP contribution in [0, 0.1) is 3.57 Å². The number of carbonyl (C=O) groups excluding carboxylic acids is 2. The Bertz CT molecular complexity index is 497. The van der Waals surface area contributed by atoms with Gasteiger partial charge in [0.2, 0.25) is 0 Å². The van der Waals surface area contributed by atoms with Gasteiger partial charge in [-0.2, -0.15) is 0 Å². The Morgan fingerprint density at radius 3 is 2.67 bits per heavy atom. The van der Waals surface area contributed by atoms with Gasteiger partial charge in [-0.1, -0.05) is 18.2 Å². The SMILES string of the molecule is CCOC(=O)/C=C/CCCCOC(=O)c1ccccc1I. The summed E-state index contributed by atoms with van der Waals surface area (Å²) in [6, 6.07) is 7.33. The number of esters is 2. The van der Waals surface area contributed by atoms with Gasteiger partial charge in [-0.25, -0.2) is 9.59 Å². The van der Waals surface area contributed by atoms with E-state index in [0.29, 0.717) is 18.8 Å². The molecule has 4 nitrogen and oxygen atoms in total. The molecule has 114 valence electrons. The van der Waals surface area contributed by atoms with E-state index in [1.165, 1.54) is 6.08 Å². The van der Waals surface area contributed by atoms with Crippen LogP contribution in [-0.4, -0.2) is 25.2 Å². The normalized spacial score (nSPS) is 10.6. The van der Waals surface area contributed by atoms with Crippen LogP contribution < -0.4 is 0 Å². The molecule has 1 rings (SSSR count). The zero-order chi connectivity index (χ0) is 15.5. The minimum absolute atomic E-state index is 0.290. The van der Waals surface area contributed by atoms with Crippen LogP contribution in [0.25, 0.3) is 0 Å². The van der Waals surface area contributed by atoms with Crippen LogP contribution in [0.15, 0.2) is 36.4 Å². The largest absolute Gasteiger partial charge is 0.463 e. The first-order valence-corrected chi connectivity index (χ1v) is 7.98. The maximum atomic E-state index is 11.8. The summed E-state index contributed by atoms with van der Waals surface area (Å²) in [5.41, 5.74) is 0.598. The highest BCUT2D eigenvalue weighted by Gasteiger charge is 2.09. The Hall–Kier alpha value is -1.37. The van der Waals surface area contributed by atoms with E-state index in [1.807, 2.05) is 18.2 Å². The number of allylic oxidation sites excluding steroid dienone is 1. The van der Waals surface area contributed by atoms with Gasteiger partial charge in [0.15, 0.2) is 0 Å². The fourth-order valence-electron chi connectivity index (χ4n) is 1.60.